The first-order valence-electron chi connectivity index (χ1n) is 4.97. The second kappa shape index (κ2) is 5.42. The van der Waals surface area contributed by atoms with Crippen molar-refractivity contribution in [1.29, 1.82) is 0 Å². The third-order valence-electron chi connectivity index (χ3n) is 2.34. The van der Waals surface area contributed by atoms with Gasteiger partial charge in [0.05, 0.1) is 0 Å². The maximum Gasteiger partial charge on any atom is 0.456 e. The van der Waals surface area contributed by atoms with Crippen molar-refractivity contribution in [1.82, 2.24) is 0 Å². The Labute approximate surface area is 109 Å². The van der Waals surface area contributed by atoms with E-state index in [0.717, 1.165) is 0 Å². The Balaban J connectivity index is 2.80. The molecule has 0 aliphatic heterocycles. The number of carbonyl (C=O) groups is 1. The van der Waals surface area contributed by atoms with Crippen LogP contribution < -0.4 is 0 Å². The maximum absolute atomic E-state index is 12.7. The first-order valence-corrected chi connectivity index (χ1v) is 5.35. The molecule has 1 atom stereocenters. The number of aliphatic hydroxyl groups is 1. The molecular formula is C11H8ClF5O2. The summed E-state index contributed by atoms with van der Waals surface area (Å²) >= 11 is 5.53. The van der Waals surface area contributed by atoms with Crippen molar-refractivity contribution in [3.63, 3.8) is 0 Å². The zero-order valence-corrected chi connectivity index (χ0v) is 9.97. The van der Waals surface area contributed by atoms with E-state index >= 15 is 0 Å². The van der Waals surface area contributed by atoms with Gasteiger partial charge in [-0.15, -0.1) is 0 Å². The number of hydrogen-bond acceptors (Lipinski definition) is 2. The highest BCUT2D eigenvalue weighted by molar-refractivity contribution is 6.30. The summed E-state index contributed by atoms with van der Waals surface area (Å²) < 4.78 is 61.3. The first-order chi connectivity index (χ1) is 8.55. The van der Waals surface area contributed by atoms with Gasteiger partial charge in [0.2, 0.25) is 0 Å². The molecule has 0 aliphatic carbocycles. The lowest BCUT2D eigenvalue weighted by Gasteiger charge is -2.24. The van der Waals surface area contributed by atoms with Crippen molar-refractivity contribution in [3.05, 3.63) is 34.9 Å². The standard InChI is InChI=1S/C11H8ClF5O2/c12-7-3-1-6(2-4-7)8(18)5-9(19)10(13,14)11(15,16)17/h1-4,9,19H,5H2. The highest BCUT2D eigenvalue weighted by atomic mass is 35.5. The average Bonchev–Trinajstić information content (AvgIpc) is 2.28. The van der Waals surface area contributed by atoms with E-state index in [1.54, 1.807) is 0 Å². The molecule has 2 nitrogen and oxygen atoms in total. The van der Waals surface area contributed by atoms with Gasteiger partial charge >= 0.3 is 12.1 Å². The summed E-state index contributed by atoms with van der Waals surface area (Å²) in [5, 5.41) is 9.16. The summed E-state index contributed by atoms with van der Waals surface area (Å²) in [6, 6.07) is 4.90. The molecule has 0 radical (unpaired) electrons. The predicted molar refractivity (Wildman–Crippen MR) is 57.4 cm³/mol. The molecule has 0 fully saturated rings. The van der Waals surface area contributed by atoms with Crippen molar-refractivity contribution in [3.8, 4) is 0 Å². The lowest BCUT2D eigenvalue weighted by molar-refractivity contribution is -0.311. The van der Waals surface area contributed by atoms with E-state index < -0.39 is 30.4 Å². The summed E-state index contributed by atoms with van der Waals surface area (Å²) in [6.07, 6.45) is -10.4. The largest absolute Gasteiger partial charge is 0.456 e. The lowest BCUT2D eigenvalue weighted by Crippen LogP contribution is -2.47. The highest BCUT2D eigenvalue weighted by Crippen LogP contribution is 2.39. The minimum atomic E-state index is -5.91. The molecule has 1 rings (SSSR count). The number of benzene rings is 1. The number of halogens is 6. The third-order valence-corrected chi connectivity index (χ3v) is 2.59. The molecular weight excluding hydrogens is 295 g/mol. The number of alkyl halides is 5. The van der Waals surface area contributed by atoms with Crippen LogP contribution in [0.15, 0.2) is 24.3 Å². The lowest BCUT2D eigenvalue weighted by atomic mass is 10.0. The molecule has 1 aromatic rings. The van der Waals surface area contributed by atoms with E-state index in [-0.39, 0.29) is 10.6 Å². The van der Waals surface area contributed by atoms with Gasteiger partial charge in [0, 0.05) is 17.0 Å². The first kappa shape index (κ1) is 15.8. The molecule has 1 N–H and O–H groups in total. The zero-order valence-electron chi connectivity index (χ0n) is 9.22. The topological polar surface area (TPSA) is 37.3 Å². The number of ketones is 1. The van der Waals surface area contributed by atoms with Crippen molar-refractivity contribution in [2.24, 2.45) is 0 Å². The molecule has 0 amide bonds. The molecule has 8 heteroatoms. The Kier molecular flexibility index (Phi) is 4.52. The van der Waals surface area contributed by atoms with Crippen LogP contribution in [0.5, 0.6) is 0 Å². The fourth-order valence-electron chi connectivity index (χ4n) is 1.25. The minimum absolute atomic E-state index is 0.110. The van der Waals surface area contributed by atoms with Crippen LogP contribution in [0.3, 0.4) is 0 Å². The van der Waals surface area contributed by atoms with Gasteiger partial charge in [-0.25, -0.2) is 0 Å². The Morgan fingerprint density at radius 3 is 2.05 bits per heavy atom. The van der Waals surface area contributed by atoms with Gasteiger partial charge in [0.25, 0.3) is 0 Å². The monoisotopic (exact) mass is 302 g/mol. The maximum atomic E-state index is 12.7. The summed E-state index contributed by atoms with van der Waals surface area (Å²) in [7, 11) is 0. The number of Topliss-reactive ketones (excluding diaryl/α,β-unsaturated/α-hetero) is 1. The molecule has 1 unspecified atom stereocenters. The third kappa shape index (κ3) is 3.63. The number of rotatable bonds is 4. The Morgan fingerprint density at radius 2 is 1.63 bits per heavy atom. The van der Waals surface area contributed by atoms with Crippen LogP contribution in [0, 0.1) is 0 Å². The zero-order chi connectivity index (χ0) is 14.8. The second-order valence-electron chi connectivity index (χ2n) is 3.77. The van der Waals surface area contributed by atoms with Gasteiger partial charge in [-0.1, -0.05) is 11.6 Å². The van der Waals surface area contributed by atoms with E-state index in [4.69, 9.17) is 16.7 Å². The molecule has 19 heavy (non-hydrogen) atoms. The van der Waals surface area contributed by atoms with Crippen molar-refractivity contribution >= 4 is 17.4 Å². The fraction of sp³-hybridized carbons (Fsp3) is 0.364. The van der Waals surface area contributed by atoms with Crippen molar-refractivity contribution in [2.75, 3.05) is 0 Å². The van der Waals surface area contributed by atoms with E-state index in [0.29, 0.717) is 0 Å². The Hall–Kier alpha value is -1.21. The van der Waals surface area contributed by atoms with Crippen LogP contribution in [0.25, 0.3) is 0 Å². The van der Waals surface area contributed by atoms with Crippen LogP contribution in [0.4, 0.5) is 22.0 Å². The van der Waals surface area contributed by atoms with Crippen LogP contribution in [-0.4, -0.2) is 29.1 Å². The minimum Gasteiger partial charge on any atom is -0.386 e. The van der Waals surface area contributed by atoms with E-state index in [9.17, 15) is 26.7 Å². The van der Waals surface area contributed by atoms with Crippen LogP contribution in [0.1, 0.15) is 16.8 Å². The number of hydrogen-bond donors (Lipinski definition) is 1. The molecule has 0 spiro atoms. The molecule has 1 aromatic carbocycles. The van der Waals surface area contributed by atoms with Gasteiger partial charge in [0.1, 0.15) is 6.10 Å². The van der Waals surface area contributed by atoms with Gasteiger partial charge in [-0.3, -0.25) is 4.79 Å². The molecule has 0 saturated heterocycles. The van der Waals surface area contributed by atoms with Gasteiger partial charge in [-0.2, -0.15) is 22.0 Å². The highest BCUT2D eigenvalue weighted by Gasteiger charge is 2.62. The normalized spacial score (nSPS) is 14.3. The van der Waals surface area contributed by atoms with Crippen LogP contribution >= 0.6 is 11.6 Å². The Morgan fingerprint density at radius 1 is 1.16 bits per heavy atom. The summed E-state index contributed by atoms with van der Waals surface area (Å²) in [5.74, 6) is -6.37. The molecule has 0 heterocycles. The smallest absolute Gasteiger partial charge is 0.386 e. The fourth-order valence-corrected chi connectivity index (χ4v) is 1.37. The predicted octanol–water partition coefficient (Wildman–Crippen LogP) is 3.47. The molecule has 0 saturated carbocycles. The van der Waals surface area contributed by atoms with E-state index in [1.165, 1.54) is 24.3 Å². The SMILES string of the molecule is O=C(CC(O)C(F)(F)C(F)(F)F)c1ccc(Cl)cc1. The number of carbonyl (C=O) groups excluding carboxylic acids is 1. The Bertz CT molecular complexity index is 455. The average molecular weight is 303 g/mol. The van der Waals surface area contributed by atoms with Crippen LogP contribution in [0.2, 0.25) is 5.02 Å². The number of aliphatic hydroxyl groups excluding tert-OH is 1. The van der Waals surface area contributed by atoms with Crippen LogP contribution in [-0.2, 0) is 0 Å². The van der Waals surface area contributed by atoms with Gasteiger partial charge < -0.3 is 5.11 Å². The van der Waals surface area contributed by atoms with Crippen molar-refractivity contribution in [2.45, 2.75) is 24.6 Å². The van der Waals surface area contributed by atoms with E-state index in [2.05, 4.69) is 0 Å². The van der Waals surface area contributed by atoms with Crippen molar-refractivity contribution < 1.29 is 31.9 Å². The molecule has 0 aliphatic rings. The summed E-state index contributed by atoms with van der Waals surface area (Å²) in [5.41, 5.74) is -0.110. The van der Waals surface area contributed by atoms with Gasteiger partial charge in [0.15, 0.2) is 5.78 Å². The molecule has 0 bridgehead atoms. The molecule has 0 aromatic heterocycles. The summed E-state index contributed by atoms with van der Waals surface area (Å²) in [6.45, 7) is 0. The quantitative estimate of drug-likeness (QED) is 0.683. The molecule has 106 valence electrons. The van der Waals surface area contributed by atoms with Gasteiger partial charge in [-0.05, 0) is 24.3 Å². The summed E-state index contributed by atoms with van der Waals surface area (Å²) in [4.78, 5) is 11.4. The second-order valence-corrected chi connectivity index (χ2v) is 4.21. The van der Waals surface area contributed by atoms with E-state index in [1.807, 2.05) is 0 Å².